The molecule has 0 spiro atoms. The second-order valence-corrected chi connectivity index (χ2v) is 15.9. The third-order valence-electron chi connectivity index (χ3n) is 9.68. The monoisotopic (exact) mass is 637 g/mol. The molecule has 5 rings (SSSR count). The Labute approximate surface area is 277 Å². The number of likely N-dealkylation sites (tertiary alicyclic amines) is 2. The van der Waals surface area contributed by atoms with Crippen molar-refractivity contribution in [3.05, 3.63) is 41.5 Å². The van der Waals surface area contributed by atoms with E-state index in [1.54, 1.807) is 4.90 Å². The molecule has 1 N–H and O–H groups in total. The third-order valence-corrected chi connectivity index (χ3v) is 9.68. The average molecular weight is 638 g/mol. The SMILES string of the molecule is C/C(=C\c1ccccc1)CNC[C@@H]1C[C@@H]2CCCC[C@@H]2N1C(=O)OC(C)(C)C.CC(C)(C)OC(=O)N1[C@H](C=O)C[C@@H]2CCCC[C@@H]21. The Morgan fingerprint density at radius 3 is 1.89 bits per heavy atom. The number of nitrogens with one attached hydrogen (secondary N) is 1. The van der Waals surface area contributed by atoms with Gasteiger partial charge in [0.15, 0.2) is 0 Å². The normalized spacial score (nSPS) is 28.0. The average Bonchev–Trinajstić information content (AvgIpc) is 3.54. The fraction of sp³-hybridized carbons (Fsp3) is 0.711. The first-order valence-electron chi connectivity index (χ1n) is 17.7. The van der Waals surface area contributed by atoms with Crippen LogP contribution in [0.1, 0.15) is 118 Å². The molecule has 2 aliphatic carbocycles. The summed E-state index contributed by atoms with van der Waals surface area (Å²) in [4.78, 5) is 40.1. The molecule has 1 aromatic carbocycles. The summed E-state index contributed by atoms with van der Waals surface area (Å²) in [6.45, 7) is 15.2. The molecule has 0 bridgehead atoms. The molecule has 2 saturated heterocycles. The van der Waals surface area contributed by atoms with Gasteiger partial charge >= 0.3 is 12.2 Å². The van der Waals surface area contributed by atoms with E-state index in [4.69, 9.17) is 9.47 Å². The molecular weight excluding hydrogens is 578 g/mol. The highest BCUT2D eigenvalue weighted by Gasteiger charge is 2.47. The Kier molecular flexibility index (Phi) is 12.4. The van der Waals surface area contributed by atoms with E-state index < -0.39 is 11.2 Å². The minimum Gasteiger partial charge on any atom is -0.444 e. The summed E-state index contributed by atoms with van der Waals surface area (Å²) >= 11 is 0. The Morgan fingerprint density at radius 1 is 0.804 bits per heavy atom. The van der Waals surface area contributed by atoms with Gasteiger partial charge in [-0.25, -0.2) is 9.59 Å². The van der Waals surface area contributed by atoms with Gasteiger partial charge in [0.2, 0.25) is 0 Å². The third kappa shape index (κ3) is 10.1. The standard InChI is InChI=1S/C24H36N2O2.C14H23NO3/c1-18(14-19-10-6-5-7-11-19)16-25-17-21-15-20-12-8-9-13-22(20)26(21)23(27)28-24(2,3)4;1-14(2,3)18-13(17)15-11(9-16)8-10-6-4-5-7-12(10)15/h5-7,10-11,14,20-22,25H,8-9,12-13,15-17H2,1-4H3;9-12H,4-8H2,1-3H3/b18-14+;/t20-,21-,22-;10-,11-,12-/m00/s1. The van der Waals surface area contributed by atoms with Crippen LogP contribution in [0.3, 0.4) is 0 Å². The molecule has 46 heavy (non-hydrogen) atoms. The number of fused-ring (bicyclic) bond motifs is 2. The maximum absolute atomic E-state index is 12.9. The number of hydrogen-bond donors (Lipinski definition) is 1. The number of hydrogen-bond acceptors (Lipinski definition) is 6. The minimum atomic E-state index is -0.503. The van der Waals surface area contributed by atoms with Crippen LogP contribution in [-0.2, 0) is 14.3 Å². The highest BCUT2D eigenvalue weighted by atomic mass is 16.6. The van der Waals surface area contributed by atoms with Gasteiger partial charge in [0, 0.05) is 31.2 Å². The van der Waals surface area contributed by atoms with Crippen molar-refractivity contribution in [2.45, 2.75) is 148 Å². The number of ether oxygens (including phenoxy) is 2. The number of carbonyl (C=O) groups excluding carboxylic acids is 3. The van der Waals surface area contributed by atoms with Crippen LogP contribution in [0, 0.1) is 11.8 Å². The molecule has 8 nitrogen and oxygen atoms in total. The minimum absolute atomic E-state index is 0.134. The van der Waals surface area contributed by atoms with Gasteiger partial charge < -0.3 is 24.5 Å². The van der Waals surface area contributed by atoms with Crippen LogP contribution < -0.4 is 5.32 Å². The lowest BCUT2D eigenvalue weighted by atomic mass is 9.85. The summed E-state index contributed by atoms with van der Waals surface area (Å²) in [7, 11) is 0. The zero-order valence-corrected chi connectivity index (χ0v) is 29.4. The molecule has 256 valence electrons. The number of aldehydes is 1. The van der Waals surface area contributed by atoms with Crippen molar-refractivity contribution in [3.63, 3.8) is 0 Å². The van der Waals surface area contributed by atoms with Crippen LogP contribution in [0.15, 0.2) is 35.9 Å². The zero-order chi connectivity index (χ0) is 33.5. The molecular formula is C38H59N3O5. The van der Waals surface area contributed by atoms with Crippen molar-refractivity contribution in [2.75, 3.05) is 13.1 Å². The number of benzene rings is 1. The van der Waals surface area contributed by atoms with E-state index in [2.05, 4.69) is 47.5 Å². The smallest absolute Gasteiger partial charge is 0.411 e. The highest BCUT2D eigenvalue weighted by molar-refractivity contribution is 5.75. The molecule has 2 heterocycles. The van der Waals surface area contributed by atoms with Gasteiger partial charge in [0.1, 0.15) is 17.5 Å². The van der Waals surface area contributed by atoms with Crippen molar-refractivity contribution in [3.8, 4) is 0 Å². The molecule has 2 amide bonds. The van der Waals surface area contributed by atoms with Crippen molar-refractivity contribution in [1.82, 2.24) is 15.1 Å². The Hall–Kier alpha value is -2.87. The Balaban J connectivity index is 0.000000230. The van der Waals surface area contributed by atoms with E-state index in [9.17, 15) is 14.4 Å². The summed E-state index contributed by atoms with van der Waals surface area (Å²) in [6.07, 6.45) is 14.0. The predicted molar refractivity (Wildman–Crippen MR) is 183 cm³/mol. The maximum atomic E-state index is 12.9. The maximum Gasteiger partial charge on any atom is 0.411 e. The van der Waals surface area contributed by atoms with E-state index in [0.29, 0.717) is 17.9 Å². The van der Waals surface area contributed by atoms with Crippen molar-refractivity contribution in [1.29, 1.82) is 0 Å². The first-order valence-corrected chi connectivity index (χ1v) is 17.7. The van der Waals surface area contributed by atoms with Gasteiger partial charge in [-0.05, 0) is 104 Å². The quantitative estimate of drug-likeness (QED) is 0.318. The van der Waals surface area contributed by atoms with Crippen LogP contribution in [0.5, 0.6) is 0 Å². The van der Waals surface area contributed by atoms with Crippen molar-refractivity contribution >= 4 is 24.5 Å². The lowest BCUT2D eigenvalue weighted by Crippen LogP contribution is -2.48. The van der Waals surface area contributed by atoms with E-state index in [1.165, 1.54) is 36.8 Å². The zero-order valence-electron chi connectivity index (χ0n) is 29.4. The van der Waals surface area contributed by atoms with Crippen LogP contribution in [-0.4, -0.2) is 76.7 Å². The molecule has 0 aromatic heterocycles. The van der Waals surface area contributed by atoms with Crippen molar-refractivity contribution in [2.24, 2.45) is 11.8 Å². The molecule has 0 radical (unpaired) electrons. The molecule has 1 aromatic rings. The summed E-state index contributed by atoms with van der Waals surface area (Å²) in [6, 6.07) is 10.9. The van der Waals surface area contributed by atoms with E-state index in [-0.39, 0.29) is 30.3 Å². The molecule has 8 heteroatoms. The number of carbonyl (C=O) groups is 3. The van der Waals surface area contributed by atoms with Gasteiger partial charge in [-0.15, -0.1) is 0 Å². The number of rotatable bonds is 6. The Morgan fingerprint density at radius 2 is 1.33 bits per heavy atom. The first-order chi connectivity index (χ1) is 21.8. The summed E-state index contributed by atoms with van der Waals surface area (Å²) < 4.78 is 11.2. The van der Waals surface area contributed by atoms with Gasteiger partial charge in [0.25, 0.3) is 0 Å². The van der Waals surface area contributed by atoms with Gasteiger partial charge in [-0.3, -0.25) is 4.90 Å². The second-order valence-electron chi connectivity index (χ2n) is 15.9. The van der Waals surface area contributed by atoms with E-state index >= 15 is 0 Å². The molecule has 4 fully saturated rings. The highest BCUT2D eigenvalue weighted by Crippen LogP contribution is 2.41. The summed E-state index contributed by atoms with van der Waals surface area (Å²) in [5.41, 5.74) is 1.57. The number of amides is 2. The van der Waals surface area contributed by atoms with Crippen LogP contribution in [0.25, 0.3) is 6.08 Å². The van der Waals surface area contributed by atoms with Crippen LogP contribution in [0.4, 0.5) is 9.59 Å². The molecule has 4 aliphatic rings. The molecule has 6 atom stereocenters. The molecule has 0 unspecified atom stereocenters. The summed E-state index contributed by atoms with van der Waals surface area (Å²) in [5, 5.41) is 3.59. The summed E-state index contributed by atoms with van der Waals surface area (Å²) in [5.74, 6) is 1.12. The van der Waals surface area contributed by atoms with E-state index in [1.807, 2.05) is 47.6 Å². The topological polar surface area (TPSA) is 88.2 Å². The van der Waals surface area contributed by atoms with Gasteiger partial charge in [0.05, 0.1) is 6.04 Å². The predicted octanol–water partition coefficient (Wildman–Crippen LogP) is 8.00. The van der Waals surface area contributed by atoms with Gasteiger partial charge in [-0.1, -0.05) is 67.7 Å². The van der Waals surface area contributed by atoms with Crippen LogP contribution in [0.2, 0.25) is 0 Å². The Bertz CT molecular complexity index is 1190. The first kappa shape index (κ1) is 36.0. The van der Waals surface area contributed by atoms with E-state index in [0.717, 1.165) is 57.9 Å². The van der Waals surface area contributed by atoms with Gasteiger partial charge in [-0.2, -0.15) is 0 Å². The second kappa shape index (κ2) is 15.8. The molecule has 2 aliphatic heterocycles. The van der Waals surface area contributed by atoms with Crippen LogP contribution >= 0.6 is 0 Å². The number of nitrogens with zero attached hydrogens (tertiary/aromatic N) is 2. The molecule has 2 saturated carbocycles. The fourth-order valence-corrected chi connectivity index (χ4v) is 7.87. The largest absolute Gasteiger partial charge is 0.444 e. The van der Waals surface area contributed by atoms with Crippen molar-refractivity contribution < 1.29 is 23.9 Å². The lowest BCUT2D eigenvalue weighted by Gasteiger charge is -2.35. The lowest BCUT2D eigenvalue weighted by molar-refractivity contribution is -0.112. The fourth-order valence-electron chi connectivity index (χ4n) is 7.87.